The Morgan fingerprint density at radius 3 is 2.67 bits per heavy atom. The first-order valence-electron chi connectivity index (χ1n) is 5.58. The van der Waals surface area contributed by atoms with Crippen molar-refractivity contribution in [3.8, 4) is 0 Å². The molecule has 2 aromatic rings. The van der Waals surface area contributed by atoms with Crippen molar-refractivity contribution in [1.29, 1.82) is 0 Å². The van der Waals surface area contributed by atoms with Crippen molar-refractivity contribution in [1.82, 2.24) is 9.55 Å². The quantitative estimate of drug-likeness (QED) is 0.821. The molecule has 0 atom stereocenters. The standard InChI is InChI=1S/C14H14N2O2/c1-10-8-14(18)16(2)13(15-10)9-12(17)11-6-4-3-5-7-11/h3-9,17H,1-2H3/b12-9-. The molecular formula is C14H14N2O2. The summed E-state index contributed by atoms with van der Waals surface area (Å²) in [5.74, 6) is 0.519. The van der Waals surface area contributed by atoms with Gasteiger partial charge >= 0.3 is 0 Å². The van der Waals surface area contributed by atoms with Crippen LogP contribution >= 0.6 is 0 Å². The van der Waals surface area contributed by atoms with Gasteiger partial charge in [-0.2, -0.15) is 0 Å². The van der Waals surface area contributed by atoms with Gasteiger partial charge in [-0.15, -0.1) is 0 Å². The normalized spacial score (nSPS) is 11.6. The number of aliphatic hydroxyl groups excluding tert-OH is 1. The third-order valence-electron chi connectivity index (χ3n) is 2.63. The Morgan fingerprint density at radius 2 is 2.00 bits per heavy atom. The molecule has 4 nitrogen and oxygen atoms in total. The lowest BCUT2D eigenvalue weighted by molar-refractivity contribution is 0.515. The molecule has 0 radical (unpaired) electrons. The number of rotatable bonds is 2. The van der Waals surface area contributed by atoms with Gasteiger partial charge in [0.05, 0.1) is 0 Å². The number of hydrogen-bond donors (Lipinski definition) is 1. The van der Waals surface area contributed by atoms with Crippen LogP contribution in [0.5, 0.6) is 0 Å². The molecule has 0 saturated heterocycles. The third-order valence-corrected chi connectivity index (χ3v) is 2.63. The molecule has 0 amide bonds. The maximum atomic E-state index is 11.6. The first-order chi connectivity index (χ1) is 8.58. The van der Waals surface area contributed by atoms with Gasteiger partial charge in [0.25, 0.3) is 5.56 Å². The van der Waals surface area contributed by atoms with Crippen molar-refractivity contribution in [3.63, 3.8) is 0 Å². The van der Waals surface area contributed by atoms with Gasteiger partial charge in [0, 0.05) is 30.4 Å². The average molecular weight is 242 g/mol. The molecule has 4 heteroatoms. The average Bonchev–Trinajstić information content (AvgIpc) is 2.36. The van der Waals surface area contributed by atoms with E-state index in [9.17, 15) is 9.90 Å². The van der Waals surface area contributed by atoms with Crippen LogP contribution in [0.3, 0.4) is 0 Å². The van der Waals surface area contributed by atoms with Crippen molar-refractivity contribution in [3.05, 3.63) is 63.8 Å². The fourth-order valence-electron chi connectivity index (χ4n) is 1.62. The van der Waals surface area contributed by atoms with E-state index >= 15 is 0 Å². The van der Waals surface area contributed by atoms with E-state index in [1.807, 2.05) is 18.2 Å². The van der Waals surface area contributed by atoms with E-state index in [-0.39, 0.29) is 11.3 Å². The molecule has 18 heavy (non-hydrogen) atoms. The smallest absolute Gasteiger partial charge is 0.253 e. The van der Waals surface area contributed by atoms with Crippen LogP contribution < -0.4 is 5.56 Å². The van der Waals surface area contributed by atoms with Crippen molar-refractivity contribution < 1.29 is 5.11 Å². The SMILES string of the molecule is Cc1cc(=O)n(C)c(/C=C(\O)c2ccccc2)n1. The van der Waals surface area contributed by atoms with Gasteiger partial charge in [-0.3, -0.25) is 9.36 Å². The van der Waals surface area contributed by atoms with E-state index in [0.29, 0.717) is 17.1 Å². The van der Waals surface area contributed by atoms with Crippen LogP contribution in [-0.4, -0.2) is 14.7 Å². The van der Waals surface area contributed by atoms with E-state index in [4.69, 9.17) is 0 Å². The van der Waals surface area contributed by atoms with E-state index in [0.717, 1.165) is 0 Å². The van der Waals surface area contributed by atoms with Gasteiger partial charge < -0.3 is 5.11 Å². The highest BCUT2D eigenvalue weighted by Gasteiger charge is 2.04. The summed E-state index contributed by atoms with van der Waals surface area (Å²) in [4.78, 5) is 15.8. The minimum absolute atomic E-state index is 0.0868. The van der Waals surface area contributed by atoms with Gasteiger partial charge in [0.2, 0.25) is 0 Å². The van der Waals surface area contributed by atoms with Gasteiger partial charge in [-0.25, -0.2) is 4.98 Å². The molecule has 0 bridgehead atoms. The Labute approximate surface area is 105 Å². The molecule has 0 aliphatic carbocycles. The van der Waals surface area contributed by atoms with Gasteiger partial charge in [0.1, 0.15) is 11.6 Å². The first-order valence-corrected chi connectivity index (χ1v) is 5.58. The summed E-state index contributed by atoms with van der Waals surface area (Å²) in [7, 11) is 1.62. The largest absolute Gasteiger partial charge is 0.507 e. The maximum absolute atomic E-state index is 11.6. The zero-order chi connectivity index (χ0) is 13.1. The fraction of sp³-hybridized carbons (Fsp3) is 0.143. The second-order valence-electron chi connectivity index (χ2n) is 4.05. The minimum atomic E-state index is -0.144. The molecule has 0 saturated carbocycles. The van der Waals surface area contributed by atoms with E-state index in [1.165, 1.54) is 16.7 Å². The number of nitrogens with zero attached hydrogens (tertiary/aromatic N) is 2. The molecule has 1 aromatic heterocycles. The highest BCUT2D eigenvalue weighted by molar-refractivity contribution is 5.74. The predicted molar refractivity (Wildman–Crippen MR) is 71.2 cm³/mol. The third kappa shape index (κ3) is 2.48. The molecule has 0 aliphatic rings. The Bertz CT molecular complexity index is 643. The van der Waals surface area contributed by atoms with Crippen LogP contribution in [0.1, 0.15) is 17.1 Å². The molecule has 0 aliphatic heterocycles. The Morgan fingerprint density at radius 1 is 1.33 bits per heavy atom. The zero-order valence-electron chi connectivity index (χ0n) is 10.3. The summed E-state index contributed by atoms with van der Waals surface area (Å²) in [5, 5.41) is 9.99. The predicted octanol–water partition coefficient (Wildman–Crippen LogP) is 2.14. The highest BCUT2D eigenvalue weighted by atomic mass is 16.3. The van der Waals surface area contributed by atoms with Gasteiger partial charge in [-0.1, -0.05) is 30.3 Å². The molecule has 1 heterocycles. The lowest BCUT2D eigenvalue weighted by Gasteiger charge is -2.05. The Hall–Kier alpha value is -2.36. The topological polar surface area (TPSA) is 55.1 Å². The second kappa shape index (κ2) is 4.87. The van der Waals surface area contributed by atoms with Crippen molar-refractivity contribution in [2.24, 2.45) is 7.05 Å². The Balaban J connectivity index is 2.49. The molecular weight excluding hydrogens is 228 g/mol. The fourth-order valence-corrected chi connectivity index (χ4v) is 1.62. The number of hydrogen-bond acceptors (Lipinski definition) is 3. The maximum Gasteiger partial charge on any atom is 0.253 e. The van der Waals surface area contributed by atoms with Crippen molar-refractivity contribution in [2.75, 3.05) is 0 Å². The molecule has 0 spiro atoms. The molecule has 1 aromatic carbocycles. The van der Waals surface area contributed by atoms with Crippen LogP contribution in [0.4, 0.5) is 0 Å². The number of aliphatic hydroxyl groups is 1. The summed E-state index contributed by atoms with van der Waals surface area (Å²) in [6.07, 6.45) is 1.49. The number of aromatic nitrogens is 2. The van der Waals surface area contributed by atoms with Crippen LogP contribution in [0.15, 0.2) is 41.2 Å². The van der Waals surface area contributed by atoms with Gasteiger partial charge in [-0.05, 0) is 6.92 Å². The monoisotopic (exact) mass is 242 g/mol. The van der Waals surface area contributed by atoms with Crippen LogP contribution in [-0.2, 0) is 7.05 Å². The lowest BCUT2D eigenvalue weighted by atomic mass is 10.2. The molecule has 92 valence electrons. The molecule has 2 rings (SSSR count). The summed E-state index contributed by atoms with van der Waals surface area (Å²) in [5.41, 5.74) is 1.17. The summed E-state index contributed by atoms with van der Waals surface area (Å²) < 4.78 is 1.39. The van der Waals surface area contributed by atoms with Crippen molar-refractivity contribution in [2.45, 2.75) is 6.92 Å². The van der Waals surface area contributed by atoms with Crippen LogP contribution in [0.2, 0.25) is 0 Å². The lowest BCUT2D eigenvalue weighted by Crippen LogP contribution is -2.20. The summed E-state index contributed by atoms with van der Waals surface area (Å²) >= 11 is 0. The van der Waals surface area contributed by atoms with E-state index < -0.39 is 0 Å². The van der Waals surface area contributed by atoms with E-state index in [2.05, 4.69) is 4.98 Å². The zero-order valence-corrected chi connectivity index (χ0v) is 10.3. The number of benzene rings is 1. The molecule has 1 N–H and O–H groups in total. The van der Waals surface area contributed by atoms with Crippen LogP contribution in [0.25, 0.3) is 11.8 Å². The second-order valence-corrected chi connectivity index (χ2v) is 4.05. The minimum Gasteiger partial charge on any atom is -0.507 e. The van der Waals surface area contributed by atoms with Gasteiger partial charge in [0.15, 0.2) is 0 Å². The highest BCUT2D eigenvalue weighted by Crippen LogP contribution is 2.13. The first kappa shape index (κ1) is 12.1. The van der Waals surface area contributed by atoms with E-state index in [1.54, 1.807) is 26.1 Å². The summed E-state index contributed by atoms with van der Waals surface area (Å²) in [6.45, 7) is 1.75. The Kier molecular flexibility index (Phi) is 3.28. The number of aryl methyl sites for hydroxylation is 1. The molecule has 0 unspecified atom stereocenters. The summed E-state index contributed by atoms with van der Waals surface area (Å²) in [6, 6.07) is 10.6. The molecule has 0 fully saturated rings. The van der Waals surface area contributed by atoms with Crippen LogP contribution in [0, 0.1) is 6.92 Å². The van der Waals surface area contributed by atoms with Crippen molar-refractivity contribution >= 4 is 11.8 Å².